The van der Waals surface area contributed by atoms with E-state index in [9.17, 15) is 4.39 Å². The van der Waals surface area contributed by atoms with Crippen LogP contribution in [0.2, 0.25) is 0 Å². The zero-order valence-electron chi connectivity index (χ0n) is 8.94. The van der Waals surface area contributed by atoms with Crippen molar-refractivity contribution >= 4 is 0 Å². The van der Waals surface area contributed by atoms with E-state index in [1.54, 1.807) is 6.20 Å². The highest BCUT2D eigenvalue weighted by atomic mass is 19.1. The third-order valence-electron chi connectivity index (χ3n) is 2.33. The average Bonchev–Trinajstić information content (AvgIpc) is 2.83. The van der Waals surface area contributed by atoms with Gasteiger partial charge in [0.2, 0.25) is 0 Å². The quantitative estimate of drug-likeness (QED) is 0.779. The fourth-order valence-corrected chi connectivity index (χ4v) is 1.59. The molecule has 3 nitrogen and oxygen atoms in total. The van der Waals surface area contributed by atoms with Gasteiger partial charge in [0, 0.05) is 25.5 Å². The monoisotopic (exact) mass is 219 g/mol. The number of para-hydroxylation sites is 1. The number of nitrogens with one attached hydrogen (secondary N) is 1. The molecule has 0 spiro atoms. The molecule has 16 heavy (non-hydrogen) atoms. The summed E-state index contributed by atoms with van der Waals surface area (Å²) in [5, 5.41) is 7.23. The topological polar surface area (TPSA) is 29.9 Å². The van der Waals surface area contributed by atoms with Crippen LogP contribution in [0.3, 0.4) is 0 Å². The van der Waals surface area contributed by atoms with E-state index in [1.807, 2.05) is 41.2 Å². The van der Waals surface area contributed by atoms with E-state index in [4.69, 9.17) is 0 Å². The van der Waals surface area contributed by atoms with Crippen molar-refractivity contribution < 1.29 is 4.39 Å². The van der Waals surface area contributed by atoms with Crippen LogP contribution in [0.5, 0.6) is 0 Å². The molecule has 0 radical (unpaired) electrons. The van der Waals surface area contributed by atoms with Crippen LogP contribution in [0.25, 0.3) is 5.69 Å². The van der Waals surface area contributed by atoms with Crippen LogP contribution in [-0.4, -0.2) is 23.0 Å². The third-order valence-corrected chi connectivity index (χ3v) is 2.33. The summed E-state index contributed by atoms with van der Waals surface area (Å²) < 4.78 is 13.8. The summed E-state index contributed by atoms with van der Waals surface area (Å²) in [6.45, 7) is 0.692. The molecule has 0 unspecified atom stereocenters. The zero-order chi connectivity index (χ0) is 11.2. The fraction of sp³-hybridized carbons (Fsp3) is 0.250. The molecule has 2 aromatic rings. The molecule has 1 N–H and O–H groups in total. The van der Waals surface area contributed by atoms with Crippen LogP contribution in [0.15, 0.2) is 42.7 Å². The Morgan fingerprint density at radius 2 is 2.12 bits per heavy atom. The fourth-order valence-electron chi connectivity index (χ4n) is 1.59. The summed E-state index contributed by atoms with van der Waals surface area (Å²) in [6, 6.07) is 9.84. The molecular formula is C12H14FN3. The molecule has 0 saturated carbocycles. The van der Waals surface area contributed by atoms with Gasteiger partial charge in [-0.2, -0.15) is 5.10 Å². The highest BCUT2D eigenvalue weighted by Crippen LogP contribution is 2.12. The van der Waals surface area contributed by atoms with Gasteiger partial charge in [-0.15, -0.1) is 0 Å². The smallest absolute Gasteiger partial charge is 0.102 e. The molecule has 0 saturated heterocycles. The highest BCUT2D eigenvalue weighted by molar-refractivity contribution is 5.40. The maximum atomic E-state index is 12.0. The molecule has 0 atom stereocenters. The van der Waals surface area contributed by atoms with Gasteiger partial charge < -0.3 is 5.32 Å². The van der Waals surface area contributed by atoms with Crippen molar-refractivity contribution in [3.8, 4) is 5.69 Å². The lowest BCUT2D eigenvalue weighted by Gasteiger charge is -2.09. The zero-order valence-corrected chi connectivity index (χ0v) is 8.94. The number of benzene rings is 1. The molecule has 1 heterocycles. The summed E-state index contributed by atoms with van der Waals surface area (Å²) in [4.78, 5) is 0. The van der Waals surface area contributed by atoms with Crippen molar-refractivity contribution in [2.75, 3.05) is 13.2 Å². The Bertz CT molecular complexity index is 426. The van der Waals surface area contributed by atoms with E-state index in [0.29, 0.717) is 13.1 Å². The van der Waals surface area contributed by atoms with Crippen molar-refractivity contribution in [2.45, 2.75) is 6.54 Å². The van der Waals surface area contributed by atoms with Gasteiger partial charge in [-0.1, -0.05) is 18.2 Å². The number of hydrogen-bond acceptors (Lipinski definition) is 2. The molecule has 0 aliphatic heterocycles. The van der Waals surface area contributed by atoms with Crippen LogP contribution in [0.1, 0.15) is 5.56 Å². The van der Waals surface area contributed by atoms with Gasteiger partial charge in [0.15, 0.2) is 0 Å². The molecule has 0 aliphatic rings. The van der Waals surface area contributed by atoms with Gasteiger partial charge >= 0.3 is 0 Å². The Morgan fingerprint density at radius 3 is 2.88 bits per heavy atom. The number of alkyl halides is 1. The predicted octanol–water partition coefficient (Wildman–Crippen LogP) is 1.93. The van der Waals surface area contributed by atoms with Crippen LogP contribution in [-0.2, 0) is 6.54 Å². The van der Waals surface area contributed by atoms with Crippen molar-refractivity contribution in [3.63, 3.8) is 0 Å². The number of halogens is 1. The number of hydrogen-bond donors (Lipinski definition) is 1. The Balaban J connectivity index is 2.18. The van der Waals surface area contributed by atoms with Crippen molar-refractivity contribution in [2.24, 2.45) is 0 Å². The molecule has 1 aromatic heterocycles. The first-order chi connectivity index (χ1) is 7.92. The first-order valence-electron chi connectivity index (χ1n) is 5.26. The number of aromatic nitrogens is 2. The summed E-state index contributed by atoms with van der Waals surface area (Å²) in [5.41, 5.74) is 2.14. The Kier molecular flexibility index (Phi) is 3.66. The summed E-state index contributed by atoms with van der Waals surface area (Å²) in [6.07, 6.45) is 3.64. The van der Waals surface area contributed by atoms with E-state index >= 15 is 0 Å². The van der Waals surface area contributed by atoms with E-state index in [2.05, 4.69) is 10.4 Å². The second kappa shape index (κ2) is 5.42. The second-order valence-corrected chi connectivity index (χ2v) is 3.45. The van der Waals surface area contributed by atoms with Gasteiger partial charge in [-0.3, -0.25) is 0 Å². The normalized spacial score (nSPS) is 10.6. The largest absolute Gasteiger partial charge is 0.310 e. The van der Waals surface area contributed by atoms with Crippen LogP contribution in [0.4, 0.5) is 4.39 Å². The molecule has 0 fully saturated rings. The van der Waals surface area contributed by atoms with Gasteiger partial charge in [0.05, 0.1) is 5.69 Å². The van der Waals surface area contributed by atoms with Crippen molar-refractivity contribution in [1.82, 2.24) is 15.1 Å². The molecule has 0 amide bonds. The average molecular weight is 219 g/mol. The lowest BCUT2D eigenvalue weighted by molar-refractivity contribution is 0.466. The molecule has 1 aromatic carbocycles. The first-order valence-corrected chi connectivity index (χ1v) is 5.26. The van der Waals surface area contributed by atoms with E-state index in [-0.39, 0.29) is 6.67 Å². The lowest BCUT2D eigenvalue weighted by Crippen LogP contribution is -2.17. The maximum Gasteiger partial charge on any atom is 0.102 e. The van der Waals surface area contributed by atoms with Crippen LogP contribution < -0.4 is 5.32 Å². The molecule has 4 heteroatoms. The maximum absolute atomic E-state index is 12.0. The number of nitrogens with zero attached hydrogens (tertiary/aromatic N) is 2. The Morgan fingerprint density at radius 1 is 1.25 bits per heavy atom. The summed E-state index contributed by atoms with van der Waals surface area (Å²) >= 11 is 0. The third kappa shape index (κ3) is 2.46. The highest BCUT2D eigenvalue weighted by Gasteiger charge is 2.02. The van der Waals surface area contributed by atoms with Gasteiger partial charge in [0.25, 0.3) is 0 Å². The minimum atomic E-state index is -0.343. The molecule has 84 valence electrons. The van der Waals surface area contributed by atoms with Gasteiger partial charge in [-0.25, -0.2) is 9.07 Å². The lowest BCUT2D eigenvalue weighted by atomic mass is 10.2. The minimum absolute atomic E-state index is 0.343. The Labute approximate surface area is 93.9 Å². The molecular weight excluding hydrogens is 205 g/mol. The SMILES string of the molecule is FCCNCc1ccccc1-n1cccn1. The summed E-state index contributed by atoms with van der Waals surface area (Å²) in [5.74, 6) is 0. The Hall–Kier alpha value is -1.68. The van der Waals surface area contributed by atoms with Gasteiger partial charge in [-0.05, 0) is 17.7 Å². The van der Waals surface area contributed by atoms with Crippen molar-refractivity contribution in [3.05, 3.63) is 48.3 Å². The van der Waals surface area contributed by atoms with E-state index < -0.39 is 0 Å². The molecule has 0 bridgehead atoms. The standard InChI is InChI=1S/C12H14FN3/c13-6-8-14-10-11-4-1-2-5-12(11)16-9-3-7-15-16/h1-5,7,9,14H,6,8,10H2. The minimum Gasteiger partial charge on any atom is -0.310 e. The second-order valence-electron chi connectivity index (χ2n) is 3.45. The molecule has 0 aliphatic carbocycles. The molecule has 2 rings (SSSR count). The van der Waals surface area contributed by atoms with Crippen molar-refractivity contribution in [1.29, 1.82) is 0 Å². The predicted molar refractivity (Wildman–Crippen MR) is 61.2 cm³/mol. The summed E-state index contributed by atoms with van der Waals surface area (Å²) in [7, 11) is 0. The van der Waals surface area contributed by atoms with Gasteiger partial charge in [0.1, 0.15) is 6.67 Å². The first kappa shape index (κ1) is 10.8. The van der Waals surface area contributed by atoms with Crippen LogP contribution in [0, 0.1) is 0 Å². The van der Waals surface area contributed by atoms with Crippen LogP contribution >= 0.6 is 0 Å². The number of rotatable bonds is 5. The van der Waals surface area contributed by atoms with E-state index in [0.717, 1.165) is 11.3 Å². The van der Waals surface area contributed by atoms with E-state index in [1.165, 1.54) is 0 Å².